The van der Waals surface area contributed by atoms with Crippen LogP contribution in [0.15, 0.2) is 45.4 Å². The van der Waals surface area contributed by atoms with Gasteiger partial charge in [-0.05, 0) is 37.3 Å². The number of anilines is 2. The molecule has 0 aliphatic rings. The number of nitrogens with two attached hydrogens (primary N) is 1. The highest BCUT2D eigenvalue weighted by Crippen LogP contribution is 2.30. The Morgan fingerprint density at radius 1 is 1.30 bits per heavy atom. The maximum absolute atomic E-state index is 6.04. The molecule has 0 fully saturated rings. The molecule has 4 nitrogen and oxygen atoms in total. The summed E-state index contributed by atoms with van der Waals surface area (Å²) in [4.78, 5) is 4.33. The summed E-state index contributed by atoms with van der Waals surface area (Å²) in [6.07, 6.45) is 1.67. The van der Waals surface area contributed by atoms with Crippen LogP contribution in [0.1, 0.15) is 11.5 Å². The summed E-state index contributed by atoms with van der Waals surface area (Å²) in [5.74, 6) is 1.78. The molecule has 2 aromatic heterocycles. The number of hydrogen-bond acceptors (Lipinski definition) is 4. The predicted octanol–water partition coefficient (Wildman–Crippen LogP) is 4.09. The first-order valence-corrected chi connectivity index (χ1v) is 7.06. The van der Waals surface area contributed by atoms with Gasteiger partial charge in [-0.15, -0.1) is 0 Å². The van der Waals surface area contributed by atoms with Crippen molar-refractivity contribution in [3.05, 3.63) is 52.5 Å². The standard InChI is InChI=1S/C15H14BrN3O/c1-9-2-4-11(20-9)7-19-15-12-6-10(16)3-5-14(12)18-8-13(15)17/h2-6,8H,7,17H2,1H3,(H,18,19). The summed E-state index contributed by atoms with van der Waals surface area (Å²) in [6, 6.07) is 9.83. The third kappa shape index (κ3) is 2.49. The number of fused-ring (bicyclic) bond motifs is 1. The van der Waals surface area contributed by atoms with Gasteiger partial charge in [0.15, 0.2) is 0 Å². The van der Waals surface area contributed by atoms with E-state index in [1.165, 1.54) is 0 Å². The normalized spacial score (nSPS) is 10.9. The minimum absolute atomic E-state index is 0.587. The van der Waals surface area contributed by atoms with Gasteiger partial charge >= 0.3 is 0 Å². The summed E-state index contributed by atoms with van der Waals surface area (Å²) in [6.45, 7) is 2.51. The number of furan rings is 1. The van der Waals surface area contributed by atoms with E-state index >= 15 is 0 Å². The van der Waals surface area contributed by atoms with Crippen LogP contribution < -0.4 is 11.1 Å². The number of nitrogen functional groups attached to an aromatic ring is 1. The van der Waals surface area contributed by atoms with Gasteiger partial charge < -0.3 is 15.5 Å². The topological polar surface area (TPSA) is 64.1 Å². The van der Waals surface area contributed by atoms with Crippen molar-refractivity contribution in [2.75, 3.05) is 11.1 Å². The molecule has 1 aromatic carbocycles. The van der Waals surface area contributed by atoms with Crippen molar-refractivity contribution >= 4 is 38.2 Å². The van der Waals surface area contributed by atoms with Gasteiger partial charge in [0.2, 0.25) is 0 Å². The summed E-state index contributed by atoms with van der Waals surface area (Å²) in [5, 5.41) is 4.32. The molecule has 3 rings (SSSR count). The largest absolute Gasteiger partial charge is 0.465 e. The van der Waals surface area contributed by atoms with Crippen molar-refractivity contribution in [3.8, 4) is 0 Å². The first kappa shape index (κ1) is 13.0. The van der Waals surface area contributed by atoms with Crippen molar-refractivity contribution < 1.29 is 4.42 Å². The first-order valence-electron chi connectivity index (χ1n) is 6.26. The molecule has 0 saturated carbocycles. The maximum atomic E-state index is 6.04. The third-order valence-electron chi connectivity index (χ3n) is 3.09. The molecule has 0 atom stereocenters. The van der Waals surface area contributed by atoms with E-state index in [2.05, 4.69) is 26.2 Å². The van der Waals surface area contributed by atoms with E-state index in [1.54, 1.807) is 6.20 Å². The van der Waals surface area contributed by atoms with E-state index < -0.39 is 0 Å². The van der Waals surface area contributed by atoms with Crippen molar-refractivity contribution in [2.45, 2.75) is 13.5 Å². The molecule has 3 aromatic rings. The molecule has 2 heterocycles. The molecule has 0 aliphatic heterocycles. The van der Waals surface area contributed by atoms with Crippen molar-refractivity contribution in [1.82, 2.24) is 4.98 Å². The Bertz CT molecular complexity index is 762. The quantitative estimate of drug-likeness (QED) is 0.758. The van der Waals surface area contributed by atoms with Crippen LogP contribution in [0, 0.1) is 6.92 Å². The zero-order valence-corrected chi connectivity index (χ0v) is 12.6. The zero-order chi connectivity index (χ0) is 14.1. The number of nitrogens with zero attached hydrogens (tertiary/aromatic N) is 1. The van der Waals surface area contributed by atoms with E-state index in [-0.39, 0.29) is 0 Å². The molecule has 0 spiro atoms. The van der Waals surface area contributed by atoms with Crippen LogP contribution in [0.2, 0.25) is 0 Å². The minimum atomic E-state index is 0.587. The molecule has 0 amide bonds. The predicted molar refractivity (Wildman–Crippen MR) is 84.6 cm³/mol. The van der Waals surface area contributed by atoms with Gasteiger partial charge in [0, 0.05) is 9.86 Å². The second-order valence-electron chi connectivity index (χ2n) is 4.62. The molecule has 0 saturated heterocycles. The number of hydrogen-bond donors (Lipinski definition) is 2. The number of aromatic nitrogens is 1. The number of nitrogens with one attached hydrogen (secondary N) is 1. The Labute approximate surface area is 125 Å². The molecule has 0 bridgehead atoms. The van der Waals surface area contributed by atoms with Gasteiger partial charge in [0.1, 0.15) is 11.5 Å². The highest BCUT2D eigenvalue weighted by Gasteiger charge is 2.08. The lowest BCUT2D eigenvalue weighted by molar-refractivity contribution is 0.490. The smallest absolute Gasteiger partial charge is 0.123 e. The number of benzene rings is 1. The third-order valence-corrected chi connectivity index (χ3v) is 3.59. The van der Waals surface area contributed by atoms with Crippen LogP contribution in [0.5, 0.6) is 0 Å². The molecular weight excluding hydrogens is 318 g/mol. The van der Waals surface area contributed by atoms with E-state index in [0.29, 0.717) is 12.2 Å². The highest BCUT2D eigenvalue weighted by molar-refractivity contribution is 9.10. The van der Waals surface area contributed by atoms with Crippen LogP contribution in [0.25, 0.3) is 10.9 Å². The maximum Gasteiger partial charge on any atom is 0.123 e. The van der Waals surface area contributed by atoms with Crippen molar-refractivity contribution in [1.29, 1.82) is 0 Å². The molecule has 20 heavy (non-hydrogen) atoms. The van der Waals surface area contributed by atoms with Gasteiger partial charge in [-0.25, -0.2) is 0 Å². The molecule has 102 valence electrons. The Morgan fingerprint density at radius 2 is 2.15 bits per heavy atom. The Hall–Kier alpha value is -2.01. The highest BCUT2D eigenvalue weighted by atomic mass is 79.9. The molecule has 0 aliphatic carbocycles. The van der Waals surface area contributed by atoms with Crippen molar-refractivity contribution in [2.24, 2.45) is 0 Å². The molecule has 0 radical (unpaired) electrons. The lowest BCUT2D eigenvalue weighted by atomic mass is 10.1. The molecule has 0 unspecified atom stereocenters. The van der Waals surface area contributed by atoms with E-state index in [0.717, 1.165) is 32.6 Å². The molecule has 5 heteroatoms. The second-order valence-corrected chi connectivity index (χ2v) is 5.53. The lowest BCUT2D eigenvalue weighted by Crippen LogP contribution is -2.03. The van der Waals surface area contributed by atoms with Crippen LogP contribution in [0.3, 0.4) is 0 Å². The number of rotatable bonds is 3. The van der Waals surface area contributed by atoms with Gasteiger partial charge in [-0.1, -0.05) is 15.9 Å². The van der Waals surface area contributed by atoms with Gasteiger partial charge in [-0.3, -0.25) is 4.98 Å². The summed E-state index contributed by atoms with van der Waals surface area (Å²) >= 11 is 3.48. The fourth-order valence-electron chi connectivity index (χ4n) is 2.13. The number of pyridine rings is 1. The summed E-state index contributed by atoms with van der Waals surface area (Å²) in [5.41, 5.74) is 8.44. The van der Waals surface area contributed by atoms with Crippen LogP contribution in [0.4, 0.5) is 11.4 Å². The molecule has 3 N–H and O–H groups in total. The fourth-order valence-corrected chi connectivity index (χ4v) is 2.49. The average Bonchev–Trinajstić information content (AvgIpc) is 2.83. The van der Waals surface area contributed by atoms with Crippen LogP contribution in [-0.2, 0) is 6.54 Å². The van der Waals surface area contributed by atoms with Crippen LogP contribution >= 0.6 is 15.9 Å². The monoisotopic (exact) mass is 331 g/mol. The SMILES string of the molecule is Cc1ccc(CNc2c(N)cnc3ccc(Br)cc23)o1. The number of halogens is 1. The Morgan fingerprint density at radius 3 is 2.90 bits per heavy atom. The Balaban J connectivity index is 1.97. The lowest BCUT2D eigenvalue weighted by Gasteiger charge is -2.11. The number of aryl methyl sites for hydroxylation is 1. The summed E-state index contributed by atoms with van der Waals surface area (Å²) < 4.78 is 6.55. The van der Waals surface area contributed by atoms with E-state index in [4.69, 9.17) is 10.2 Å². The van der Waals surface area contributed by atoms with Crippen molar-refractivity contribution in [3.63, 3.8) is 0 Å². The molecular formula is C15H14BrN3O. The average molecular weight is 332 g/mol. The van der Waals surface area contributed by atoms with Gasteiger partial charge in [0.05, 0.1) is 29.6 Å². The van der Waals surface area contributed by atoms with E-state index in [1.807, 2.05) is 37.3 Å². The second kappa shape index (κ2) is 5.17. The van der Waals surface area contributed by atoms with Gasteiger partial charge in [0.25, 0.3) is 0 Å². The summed E-state index contributed by atoms with van der Waals surface area (Å²) in [7, 11) is 0. The minimum Gasteiger partial charge on any atom is -0.465 e. The van der Waals surface area contributed by atoms with Crippen LogP contribution in [-0.4, -0.2) is 4.98 Å². The van der Waals surface area contributed by atoms with Gasteiger partial charge in [-0.2, -0.15) is 0 Å². The van der Waals surface area contributed by atoms with E-state index in [9.17, 15) is 0 Å². The Kier molecular flexibility index (Phi) is 3.36. The fraction of sp³-hybridized carbons (Fsp3) is 0.133. The first-order chi connectivity index (χ1) is 9.63. The zero-order valence-electron chi connectivity index (χ0n) is 11.0.